The lowest BCUT2D eigenvalue weighted by Gasteiger charge is -2.18. The molecular weight excluding hydrogens is 849 g/mol. The highest BCUT2D eigenvalue weighted by molar-refractivity contribution is 7.91. The van der Waals surface area contributed by atoms with Crippen molar-refractivity contribution in [1.29, 1.82) is 0 Å². The normalized spacial score (nSPS) is 14.9. The van der Waals surface area contributed by atoms with E-state index in [9.17, 15) is 40.6 Å². The Balaban J connectivity index is 1.16. The topological polar surface area (TPSA) is 308 Å². The molecule has 21 nitrogen and oxygen atoms in total. The van der Waals surface area contributed by atoms with E-state index in [1.165, 1.54) is 50.6 Å². The van der Waals surface area contributed by atoms with Gasteiger partial charge in [-0.05, 0) is 108 Å². The molecule has 0 saturated heterocycles. The van der Waals surface area contributed by atoms with Gasteiger partial charge in [-0.3, -0.25) is 34.5 Å². The summed E-state index contributed by atoms with van der Waals surface area (Å²) in [4.78, 5) is 41.3. The maximum atomic E-state index is 13.5. The molecule has 7 rings (SSSR count). The number of H-pyrrole nitrogens is 1. The van der Waals surface area contributed by atoms with E-state index in [0.717, 1.165) is 12.2 Å². The fourth-order valence-electron chi connectivity index (χ4n) is 6.01. The number of fused-ring (bicyclic) bond motifs is 2. The van der Waals surface area contributed by atoms with Gasteiger partial charge in [0.25, 0.3) is 25.9 Å². The first-order valence-corrected chi connectivity index (χ1v) is 20.9. The highest BCUT2D eigenvalue weighted by Crippen LogP contribution is 2.31. The van der Waals surface area contributed by atoms with Gasteiger partial charge in [0, 0.05) is 22.5 Å². The van der Waals surface area contributed by atoms with Crippen LogP contribution in [0.4, 0.5) is 34.6 Å². The fraction of sp³-hybridized carbons (Fsp3) is 0.103. The van der Waals surface area contributed by atoms with Crippen LogP contribution in [0.1, 0.15) is 31.8 Å². The van der Waals surface area contributed by atoms with Gasteiger partial charge in [-0.15, -0.1) is 0 Å². The zero-order valence-corrected chi connectivity index (χ0v) is 33.9. The smallest absolute Gasteiger partial charge is 0.296 e. The molecule has 318 valence electrons. The van der Waals surface area contributed by atoms with E-state index in [1.807, 2.05) is 0 Å². The maximum absolute atomic E-state index is 13.5. The molecule has 0 bridgehead atoms. The Morgan fingerprint density at radius 1 is 0.629 bits per heavy atom. The molecule has 0 aliphatic heterocycles. The summed E-state index contributed by atoms with van der Waals surface area (Å²) in [6.45, 7) is -0.385. The third kappa shape index (κ3) is 9.56. The van der Waals surface area contributed by atoms with Crippen LogP contribution in [-0.4, -0.2) is 96.4 Å². The number of nitrogens with one attached hydrogen (secondary N) is 5. The summed E-state index contributed by atoms with van der Waals surface area (Å²) in [6, 6.07) is 21.6. The number of aliphatic hydroxyl groups excluding tert-OH is 1. The third-order valence-electron chi connectivity index (χ3n) is 8.93. The summed E-state index contributed by atoms with van der Waals surface area (Å²) in [5, 5.41) is 23.4. The van der Waals surface area contributed by atoms with Crippen molar-refractivity contribution in [2.75, 3.05) is 48.9 Å². The zero-order valence-electron chi connectivity index (χ0n) is 32.3. The number of rotatable bonds is 14. The van der Waals surface area contributed by atoms with E-state index in [0.29, 0.717) is 34.2 Å². The van der Waals surface area contributed by atoms with Crippen LogP contribution in [0, 0.1) is 0 Å². The molecular formula is C39H34N10O11S2. The van der Waals surface area contributed by atoms with Gasteiger partial charge in [-0.25, -0.2) is 4.99 Å². The number of ether oxygens (including phenoxy) is 2. The molecule has 0 fully saturated rings. The molecule has 4 aromatic carbocycles. The average Bonchev–Trinajstić information content (AvgIpc) is 3.24. The Kier molecular flexibility index (Phi) is 12.1. The van der Waals surface area contributed by atoms with Crippen LogP contribution >= 0.6 is 0 Å². The number of allylic oxidation sites excluding steroid dienone is 2. The van der Waals surface area contributed by atoms with Gasteiger partial charge in [-0.1, -0.05) is 0 Å². The van der Waals surface area contributed by atoms with Crippen molar-refractivity contribution in [2.24, 2.45) is 15.2 Å². The van der Waals surface area contributed by atoms with Gasteiger partial charge in [0.1, 0.15) is 21.3 Å². The van der Waals surface area contributed by atoms with E-state index in [2.05, 4.69) is 51.6 Å². The molecule has 0 saturated carbocycles. The first-order valence-electron chi connectivity index (χ1n) is 18.0. The molecule has 8 N–H and O–H groups in total. The Bertz CT molecular complexity index is 2840. The molecule has 23 heteroatoms. The van der Waals surface area contributed by atoms with Gasteiger partial charge in [0.2, 0.25) is 23.5 Å². The maximum Gasteiger partial charge on any atom is 0.296 e. The third-order valence-corrected chi connectivity index (χ3v) is 10.7. The molecule has 0 amide bonds. The van der Waals surface area contributed by atoms with E-state index < -0.39 is 53.0 Å². The Morgan fingerprint density at radius 3 is 1.40 bits per heavy atom. The van der Waals surface area contributed by atoms with Gasteiger partial charge in [-0.2, -0.15) is 37.0 Å². The molecule has 5 aromatic rings. The minimum Gasteiger partial charge on any atom is -0.497 e. The Morgan fingerprint density at radius 2 is 1.03 bits per heavy atom. The van der Waals surface area contributed by atoms with E-state index >= 15 is 0 Å². The first-order chi connectivity index (χ1) is 29.6. The number of nitrogens with zero attached hydrogens (tertiary/aromatic N) is 5. The van der Waals surface area contributed by atoms with Crippen molar-refractivity contribution in [3.63, 3.8) is 0 Å². The highest BCUT2D eigenvalue weighted by Gasteiger charge is 2.34. The molecule has 1 aromatic heterocycles. The molecule has 0 atom stereocenters. The van der Waals surface area contributed by atoms with Crippen LogP contribution in [0.3, 0.4) is 0 Å². The van der Waals surface area contributed by atoms with Crippen LogP contribution in [0.15, 0.2) is 110 Å². The number of methoxy groups -OCH3 is 2. The van der Waals surface area contributed by atoms with Crippen LogP contribution < -0.4 is 36.6 Å². The van der Waals surface area contributed by atoms with Gasteiger partial charge >= 0.3 is 0 Å². The number of benzene rings is 4. The predicted molar refractivity (Wildman–Crippen MR) is 229 cm³/mol. The summed E-state index contributed by atoms with van der Waals surface area (Å²) in [5.74, 6) is -0.402. The van der Waals surface area contributed by atoms with Crippen molar-refractivity contribution in [2.45, 2.75) is 0 Å². The summed E-state index contributed by atoms with van der Waals surface area (Å²) >= 11 is 0. The lowest BCUT2D eigenvalue weighted by Crippen LogP contribution is -2.27. The minimum absolute atomic E-state index is 0.0260. The SMILES string of the molecule is COc1ccc(N/N=C2/C(=O)c3ccc(Nc4nc(=NCCO)nc(Nc5ccc6c(c5)C=C(S(=O)(=O)O)/C(=N\Nc5ccc(OC)cc5)C6=O)[nH]4)cc3C=C2S(=O)(=O)O)cc1. The number of Topliss-reactive ketones (excluding diaryl/α,β-unsaturated/α-hetero) is 2. The zero-order chi connectivity index (χ0) is 44.2. The van der Waals surface area contributed by atoms with Crippen molar-refractivity contribution >= 4 is 90.0 Å². The van der Waals surface area contributed by atoms with Crippen molar-refractivity contribution in [3.05, 3.63) is 123 Å². The van der Waals surface area contributed by atoms with Gasteiger partial charge in [0.15, 0.2) is 11.4 Å². The molecule has 1 heterocycles. The number of carbonyl (C=O) groups excluding carboxylic acids is 2. The Labute approximate surface area is 352 Å². The lowest BCUT2D eigenvalue weighted by atomic mass is 9.94. The second-order valence-electron chi connectivity index (χ2n) is 13.0. The van der Waals surface area contributed by atoms with Gasteiger partial charge in [0.05, 0.1) is 38.7 Å². The summed E-state index contributed by atoms with van der Waals surface area (Å²) in [6.07, 6.45) is 2.19. The molecule has 0 unspecified atom stereocenters. The quantitative estimate of drug-likeness (QED) is 0.0577. The van der Waals surface area contributed by atoms with E-state index in [-0.39, 0.29) is 52.9 Å². The molecule has 0 radical (unpaired) electrons. The van der Waals surface area contributed by atoms with Crippen LogP contribution in [0.2, 0.25) is 0 Å². The number of ketones is 2. The van der Waals surface area contributed by atoms with Crippen LogP contribution in [0.5, 0.6) is 11.5 Å². The number of anilines is 6. The van der Waals surface area contributed by atoms with Crippen LogP contribution in [0.25, 0.3) is 12.2 Å². The number of hydrogen-bond acceptors (Lipinski definition) is 18. The second-order valence-corrected chi connectivity index (χ2v) is 15.8. The minimum atomic E-state index is -4.94. The van der Waals surface area contributed by atoms with E-state index in [1.54, 1.807) is 48.5 Å². The monoisotopic (exact) mass is 882 g/mol. The Hall–Kier alpha value is -7.57. The number of carbonyl (C=O) groups is 2. The molecule has 0 spiro atoms. The lowest BCUT2D eigenvalue weighted by molar-refractivity contribution is 0.105. The largest absolute Gasteiger partial charge is 0.497 e. The molecule has 2 aliphatic carbocycles. The summed E-state index contributed by atoms with van der Waals surface area (Å²) in [7, 11) is -6.90. The fourth-order valence-corrected chi connectivity index (χ4v) is 7.33. The average molecular weight is 883 g/mol. The first kappa shape index (κ1) is 42.6. The highest BCUT2D eigenvalue weighted by atomic mass is 32.2. The van der Waals surface area contributed by atoms with Crippen molar-refractivity contribution in [1.82, 2.24) is 15.0 Å². The summed E-state index contributed by atoms with van der Waals surface area (Å²) < 4.78 is 80.3. The van der Waals surface area contributed by atoms with Crippen LogP contribution in [-0.2, 0) is 20.2 Å². The number of hydrogen-bond donors (Lipinski definition) is 8. The van der Waals surface area contributed by atoms with Crippen molar-refractivity contribution < 1.29 is 50.1 Å². The molecule has 62 heavy (non-hydrogen) atoms. The van der Waals surface area contributed by atoms with Gasteiger partial charge < -0.3 is 25.2 Å². The number of aromatic amines is 1. The number of hydrazone groups is 2. The standard InChI is InChI=1S/C39H34N10O11S2/c1-59-27-9-3-23(4-10-27)46-48-33-31(61(53,54)55)19-21-17-25(7-13-29(21)35(33)51)41-38-43-37(40-15-16-50)44-39(45-38)42-26-8-14-30-22(18-26)20-32(62(56,57)58)34(36(30)52)49-47-24-5-11-28(60-2)12-6-24/h3-14,17-20,46-47,50H,15-16H2,1-2H3,(H,53,54,55)(H,56,57,58)(H3,40,41,42,43,44,45)/b48-33+,49-34+. The molecule has 2 aliphatic rings. The van der Waals surface area contributed by atoms with Crippen molar-refractivity contribution in [3.8, 4) is 11.5 Å². The summed E-state index contributed by atoms with van der Waals surface area (Å²) in [5.41, 5.74) is 5.89. The second kappa shape index (κ2) is 17.6. The number of aromatic nitrogens is 3. The van der Waals surface area contributed by atoms with E-state index in [4.69, 9.17) is 9.47 Å². The number of aliphatic hydroxyl groups is 1. The predicted octanol–water partition coefficient (Wildman–Crippen LogP) is 3.99.